The van der Waals surface area contributed by atoms with E-state index < -0.39 is 0 Å². The molecule has 0 N–H and O–H groups in total. The highest BCUT2D eigenvalue weighted by molar-refractivity contribution is 5.81. The van der Waals surface area contributed by atoms with Gasteiger partial charge >= 0.3 is 0 Å². The number of hydrogen-bond donors (Lipinski definition) is 0. The van der Waals surface area contributed by atoms with Gasteiger partial charge in [0.15, 0.2) is 0 Å². The number of hydrogen-bond acceptors (Lipinski definition) is 2. The molecule has 0 bridgehead atoms. The minimum atomic E-state index is -0.235. The van der Waals surface area contributed by atoms with E-state index in [1.165, 1.54) is 0 Å². The normalized spacial score (nSPS) is 12.9. The first-order valence-electron chi connectivity index (χ1n) is 6.64. The predicted molar refractivity (Wildman–Crippen MR) is 79.7 cm³/mol. The van der Waals surface area contributed by atoms with Gasteiger partial charge in [0.1, 0.15) is 0 Å². The fraction of sp³-hybridized carbons (Fsp3) is 0.500. The topological polar surface area (TPSA) is 34.9 Å². The third-order valence-corrected chi connectivity index (χ3v) is 3.30. The molecule has 0 amide bonds. The SMILES string of the molecule is CC(C)(C)c1cn(C(C)(C)C)c(=O)c2cccnc12. The van der Waals surface area contributed by atoms with Gasteiger partial charge in [0.05, 0.1) is 10.9 Å². The summed E-state index contributed by atoms with van der Waals surface area (Å²) >= 11 is 0. The molecule has 19 heavy (non-hydrogen) atoms. The number of rotatable bonds is 0. The van der Waals surface area contributed by atoms with Crippen LogP contribution in [0.5, 0.6) is 0 Å². The molecule has 2 heterocycles. The molecular formula is C16H22N2O. The van der Waals surface area contributed by atoms with Crippen LogP contribution in [0.3, 0.4) is 0 Å². The highest BCUT2D eigenvalue weighted by atomic mass is 16.1. The lowest BCUT2D eigenvalue weighted by atomic mass is 9.86. The third-order valence-electron chi connectivity index (χ3n) is 3.30. The molecule has 3 heteroatoms. The molecule has 2 rings (SSSR count). The van der Waals surface area contributed by atoms with Crippen LogP contribution in [-0.2, 0) is 11.0 Å². The first-order chi connectivity index (χ1) is 8.62. The van der Waals surface area contributed by atoms with E-state index in [-0.39, 0.29) is 16.5 Å². The summed E-state index contributed by atoms with van der Waals surface area (Å²) in [4.78, 5) is 17.0. The Morgan fingerprint density at radius 1 is 1.11 bits per heavy atom. The molecule has 0 aliphatic rings. The maximum atomic E-state index is 12.6. The maximum absolute atomic E-state index is 12.6. The van der Waals surface area contributed by atoms with Gasteiger partial charge in [0.25, 0.3) is 5.56 Å². The Balaban J connectivity index is 2.97. The van der Waals surface area contributed by atoms with Gasteiger partial charge in [0.2, 0.25) is 0 Å². The largest absolute Gasteiger partial charge is 0.309 e. The summed E-state index contributed by atoms with van der Waals surface area (Å²) in [6.07, 6.45) is 3.72. The highest BCUT2D eigenvalue weighted by Crippen LogP contribution is 2.28. The molecule has 0 saturated heterocycles. The monoisotopic (exact) mass is 258 g/mol. The van der Waals surface area contributed by atoms with Crippen LogP contribution in [0.25, 0.3) is 10.9 Å². The first-order valence-corrected chi connectivity index (χ1v) is 6.64. The van der Waals surface area contributed by atoms with Crippen molar-refractivity contribution in [3.63, 3.8) is 0 Å². The van der Waals surface area contributed by atoms with Crippen molar-refractivity contribution in [3.05, 3.63) is 40.4 Å². The fourth-order valence-electron chi connectivity index (χ4n) is 2.22. The zero-order chi connectivity index (χ0) is 14.4. The second-order valence-corrected chi connectivity index (χ2v) is 7.04. The Kier molecular flexibility index (Phi) is 3.04. The van der Waals surface area contributed by atoms with Crippen molar-refractivity contribution >= 4 is 10.9 Å². The molecule has 0 atom stereocenters. The second-order valence-electron chi connectivity index (χ2n) is 7.04. The lowest BCUT2D eigenvalue weighted by Crippen LogP contribution is -2.35. The highest BCUT2D eigenvalue weighted by Gasteiger charge is 2.24. The molecule has 0 fully saturated rings. The summed E-state index contributed by atoms with van der Waals surface area (Å²) in [5, 5.41) is 0.699. The van der Waals surface area contributed by atoms with Crippen molar-refractivity contribution in [2.75, 3.05) is 0 Å². The average molecular weight is 258 g/mol. The quantitative estimate of drug-likeness (QED) is 0.725. The maximum Gasteiger partial charge on any atom is 0.260 e. The van der Waals surface area contributed by atoms with Gasteiger partial charge < -0.3 is 4.57 Å². The van der Waals surface area contributed by atoms with E-state index >= 15 is 0 Å². The van der Waals surface area contributed by atoms with Crippen LogP contribution in [0.4, 0.5) is 0 Å². The van der Waals surface area contributed by atoms with E-state index in [0.717, 1.165) is 11.1 Å². The first kappa shape index (κ1) is 13.8. The number of nitrogens with zero attached hydrogens (tertiary/aromatic N) is 2. The molecule has 3 nitrogen and oxygen atoms in total. The van der Waals surface area contributed by atoms with Gasteiger partial charge in [-0.05, 0) is 38.3 Å². The van der Waals surface area contributed by atoms with Gasteiger partial charge in [-0.1, -0.05) is 20.8 Å². The van der Waals surface area contributed by atoms with Gasteiger partial charge in [-0.2, -0.15) is 0 Å². The van der Waals surface area contributed by atoms with Gasteiger partial charge in [-0.25, -0.2) is 0 Å². The number of pyridine rings is 2. The molecule has 0 saturated carbocycles. The van der Waals surface area contributed by atoms with Crippen molar-refractivity contribution in [2.24, 2.45) is 0 Å². The average Bonchev–Trinajstić information content (AvgIpc) is 2.26. The molecule has 0 aromatic carbocycles. The molecule has 2 aromatic rings. The molecule has 2 aromatic heterocycles. The zero-order valence-corrected chi connectivity index (χ0v) is 12.6. The number of aromatic nitrogens is 2. The van der Waals surface area contributed by atoms with Crippen LogP contribution < -0.4 is 5.56 Å². The third kappa shape index (κ3) is 2.42. The van der Waals surface area contributed by atoms with Gasteiger partial charge in [-0.15, -0.1) is 0 Å². The van der Waals surface area contributed by atoms with E-state index in [2.05, 4.69) is 25.8 Å². The lowest BCUT2D eigenvalue weighted by molar-refractivity contribution is 0.382. The molecule has 0 aliphatic heterocycles. The van der Waals surface area contributed by atoms with E-state index in [1.807, 2.05) is 43.7 Å². The minimum absolute atomic E-state index is 0.0311. The Morgan fingerprint density at radius 3 is 2.26 bits per heavy atom. The molecular weight excluding hydrogens is 236 g/mol. The van der Waals surface area contributed by atoms with Crippen molar-refractivity contribution in [1.82, 2.24) is 9.55 Å². The second kappa shape index (κ2) is 4.19. The van der Waals surface area contributed by atoms with Gasteiger partial charge in [-0.3, -0.25) is 9.78 Å². The van der Waals surface area contributed by atoms with Crippen LogP contribution in [0.1, 0.15) is 47.1 Å². The summed E-state index contributed by atoms with van der Waals surface area (Å²) in [5.74, 6) is 0. The van der Waals surface area contributed by atoms with Crippen molar-refractivity contribution in [1.29, 1.82) is 0 Å². The minimum Gasteiger partial charge on any atom is -0.309 e. The van der Waals surface area contributed by atoms with Crippen molar-refractivity contribution < 1.29 is 0 Å². The van der Waals surface area contributed by atoms with Crippen LogP contribution in [0.2, 0.25) is 0 Å². The Bertz CT molecular complexity index is 670. The zero-order valence-electron chi connectivity index (χ0n) is 12.6. The van der Waals surface area contributed by atoms with Crippen molar-refractivity contribution in [3.8, 4) is 0 Å². The van der Waals surface area contributed by atoms with E-state index in [9.17, 15) is 4.79 Å². The molecule has 0 spiro atoms. The summed E-state index contributed by atoms with van der Waals surface area (Å²) in [6, 6.07) is 3.69. The van der Waals surface area contributed by atoms with Crippen LogP contribution in [0, 0.1) is 0 Å². The molecule has 0 unspecified atom stereocenters. The van der Waals surface area contributed by atoms with E-state index in [0.29, 0.717) is 5.39 Å². The van der Waals surface area contributed by atoms with Crippen LogP contribution in [-0.4, -0.2) is 9.55 Å². The summed E-state index contributed by atoms with van der Waals surface area (Å²) in [5.41, 5.74) is 1.68. The van der Waals surface area contributed by atoms with Crippen LogP contribution >= 0.6 is 0 Å². The summed E-state index contributed by atoms with van der Waals surface area (Å²) in [6.45, 7) is 12.6. The standard InChI is InChI=1S/C16H22N2O/c1-15(2,3)12-10-18(16(4,5)6)14(19)11-8-7-9-17-13(11)12/h7-10H,1-6H3. The summed E-state index contributed by atoms with van der Waals surface area (Å²) < 4.78 is 1.82. The smallest absolute Gasteiger partial charge is 0.260 e. The van der Waals surface area contributed by atoms with E-state index in [4.69, 9.17) is 0 Å². The number of fused-ring (bicyclic) bond motifs is 1. The van der Waals surface area contributed by atoms with Crippen LogP contribution in [0.15, 0.2) is 29.3 Å². The Hall–Kier alpha value is -1.64. The summed E-state index contributed by atoms with van der Waals surface area (Å²) in [7, 11) is 0. The van der Waals surface area contributed by atoms with Crippen molar-refractivity contribution in [2.45, 2.75) is 52.5 Å². The molecule has 102 valence electrons. The molecule has 0 aliphatic carbocycles. The molecule has 0 radical (unpaired) electrons. The lowest BCUT2D eigenvalue weighted by Gasteiger charge is -2.27. The fourth-order valence-corrected chi connectivity index (χ4v) is 2.22. The van der Waals surface area contributed by atoms with E-state index in [1.54, 1.807) is 6.20 Å². The Morgan fingerprint density at radius 2 is 1.74 bits per heavy atom. The van der Waals surface area contributed by atoms with Gasteiger partial charge in [0, 0.05) is 23.5 Å². The Labute approximate surface area is 114 Å². The predicted octanol–water partition coefficient (Wildman–Crippen LogP) is 3.45.